The lowest BCUT2D eigenvalue weighted by Crippen LogP contribution is -2.42. The van der Waals surface area contributed by atoms with Crippen LogP contribution in [0.1, 0.15) is 47.2 Å². The Morgan fingerprint density at radius 1 is 1.32 bits per heavy atom. The quantitative estimate of drug-likeness (QED) is 0.904. The molecule has 0 aliphatic heterocycles. The number of rotatable bonds is 4. The number of aryl methyl sites for hydroxylation is 1. The van der Waals surface area contributed by atoms with Crippen molar-refractivity contribution in [2.45, 2.75) is 45.6 Å². The SMILES string of the molecule is Cc1cccc(C(=O)N(CCN)C2CCCC2)c1C. The summed E-state index contributed by atoms with van der Waals surface area (Å²) in [6.45, 7) is 5.27. The Morgan fingerprint density at radius 2 is 2.00 bits per heavy atom. The summed E-state index contributed by atoms with van der Waals surface area (Å²) < 4.78 is 0. The summed E-state index contributed by atoms with van der Waals surface area (Å²) in [6, 6.07) is 6.33. The van der Waals surface area contributed by atoms with Crippen molar-refractivity contribution in [3.63, 3.8) is 0 Å². The third-order valence-corrected chi connectivity index (χ3v) is 4.23. The monoisotopic (exact) mass is 260 g/mol. The van der Waals surface area contributed by atoms with Crippen molar-refractivity contribution in [1.82, 2.24) is 4.90 Å². The van der Waals surface area contributed by atoms with Gasteiger partial charge in [0.15, 0.2) is 0 Å². The summed E-state index contributed by atoms with van der Waals surface area (Å²) >= 11 is 0. The second kappa shape index (κ2) is 6.20. The van der Waals surface area contributed by atoms with E-state index in [-0.39, 0.29) is 5.91 Å². The van der Waals surface area contributed by atoms with Crippen molar-refractivity contribution in [1.29, 1.82) is 0 Å². The van der Waals surface area contributed by atoms with Gasteiger partial charge in [-0.2, -0.15) is 0 Å². The highest BCUT2D eigenvalue weighted by atomic mass is 16.2. The molecule has 19 heavy (non-hydrogen) atoms. The molecule has 2 N–H and O–H groups in total. The molecule has 0 atom stereocenters. The van der Waals surface area contributed by atoms with Crippen LogP contribution in [0, 0.1) is 13.8 Å². The van der Waals surface area contributed by atoms with Gasteiger partial charge in [-0.25, -0.2) is 0 Å². The van der Waals surface area contributed by atoms with Gasteiger partial charge in [-0.15, -0.1) is 0 Å². The van der Waals surface area contributed by atoms with Crippen molar-refractivity contribution < 1.29 is 4.79 Å². The highest BCUT2D eigenvalue weighted by Gasteiger charge is 2.27. The number of nitrogens with zero attached hydrogens (tertiary/aromatic N) is 1. The summed E-state index contributed by atoms with van der Waals surface area (Å²) in [5.74, 6) is 0.151. The minimum absolute atomic E-state index is 0.151. The lowest BCUT2D eigenvalue weighted by Gasteiger charge is -2.29. The molecule has 0 unspecified atom stereocenters. The predicted octanol–water partition coefficient (Wildman–Crippen LogP) is 2.65. The molecule has 1 fully saturated rings. The smallest absolute Gasteiger partial charge is 0.254 e. The van der Waals surface area contributed by atoms with Gasteiger partial charge in [0, 0.05) is 24.7 Å². The first kappa shape index (κ1) is 14.1. The molecule has 1 aliphatic carbocycles. The van der Waals surface area contributed by atoms with E-state index in [1.807, 2.05) is 24.0 Å². The van der Waals surface area contributed by atoms with Crippen LogP contribution in [0.4, 0.5) is 0 Å². The molecule has 0 bridgehead atoms. The predicted molar refractivity (Wildman–Crippen MR) is 78.3 cm³/mol. The molecule has 0 heterocycles. The topological polar surface area (TPSA) is 46.3 Å². The molecule has 1 aromatic rings. The van der Waals surface area contributed by atoms with Crippen molar-refractivity contribution >= 4 is 5.91 Å². The van der Waals surface area contributed by atoms with Crippen molar-refractivity contribution in [2.75, 3.05) is 13.1 Å². The Hall–Kier alpha value is -1.35. The maximum absolute atomic E-state index is 12.8. The molecule has 0 saturated heterocycles. The third-order valence-electron chi connectivity index (χ3n) is 4.23. The minimum Gasteiger partial charge on any atom is -0.334 e. The van der Waals surface area contributed by atoms with Crippen LogP contribution in [-0.4, -0.2) is 29.9 Å². The Bertz CT molecular complexity index is 450. The Kier molecular flexibility index (Phi) is 4.59. The highest BCUT2D eigenvalue weighted by molar-refractivity contribution is 5.96. The van der Waals surface area contributed by atoms with Gasteiger partial charge in [0.25, 0.3) is 5.91 Å². The van der Waals surface area contributed by atoms with E-state index in [1.54, 1.807) is 0 Å². The summed E-state index contributed by atoms with van der Waals surface area (Å²) in [5.41, 5.74) is 8.78. The first-order chi connectivity index (χ1) is 9.15. The van der Waals surface area contributed by atoms with Crippen LogP contribution in [-0.2, 0) is 0 Å². The minimum atomic E-state index is 0.151. The average Bonchev–Trinajstić information content (AvgIpc) is 2.92. The van der Waals surface area contributed by atoms with Crippen LogP contribution < -0.4 is 5.73 Å². The van der Waals surface area contributed by atoms with Gasteiger partial charge in [0.05, 0.1) is 0 Å². The summed E-state index contributed by atoms with van der Waals surface area (Å²) in [7, 11) is 0. The molecular weight excluding hydrogens is 236 g/mol. The lowest BCUT2D eigenvalue weighted by molar-refractivity contribution is 0.0687. The second-order valence-corrected chi connectivity index (χ2v) is 5.47. The zero-order chi connectivity index (χ0) is 13.8. The van der Waals surface area contributed by atoms with Crippen LogP contribution in [0.15, 0.2) is 18.2 Å². The zero-order valence-electron chi connectivity index (χ0n) is 12.0. The fraction of sp³-hybridized carbons (Fsp3) is 0.562. The third kappa shape index (κ3) is 2.98. The van der Waals surface area contributed by atoms with Crippen LogP contribution in [0.25, 0.3) is 0 Å². The van der Waals surface area contributed by atoms with E-state index in [1.165, 1.54) is 18.4 Å². The Balaban J connectivity index is 2.25. The summed E-state index contributed by atoms with van der Waals surface area (Å²) in [4.78, 5) is 14.8. The highest BCUT2D eigenvalue weighted by Crippen LogP contribution is 2.25. The number of benzene rings is 1. The normalized spacial score (nSPS) is 15.7. The van der Waals surface area contributed by atoms with E-state index in [9.17, 15) is 4.79 Å². The molecule has 0 aromatic heterocycles. The van der Waals surface area contributed by atoms with E-state index < -0.39 is 0 Å². The largest absolute Gasteiger partial charge is 0.334 e. The van der Waals surface area contributed by atoms with Crippen LogP contribution >= 0.6 is 0 Å². The number of nitrogens with two attached hydrogens (primary N) is 1. The second-order valence-electron chi connectivity index (χ2n) is 5.47. The Labute approximate surface area is 115 Å². The van der Waals surface area contributed by atoms with Crippen LogP contribution in [0.3, 0.4) is 0 Å². The number of amides is 1. The van der Waals surface area contributed by atoms with E-state index in [4.69, 9.17) is 5.73 Å². The van der Waals surface area contributed by atoms with Gasteiger partial charge in [0.2, 0.25) is 0 Å². The summed E-state index contributed by atoms with van der Waals surface area (Å²) in [6.07, 6.45) is 4.70. The number of hydrogen-bond acceptors (Lipinski definition) is 2. The van der Waals surface area contributed by atoms with Gasteiger partial charge < -0.3 is 10.6 Å². The molecule has 3 nitrogen and oxygen atoms in total. The van der Waals surface area contributed by atoms with Crippen LogP contribution in [0.2, 0.25) is 0 Å². The molecule has 2 rings (SSSR count). The van der Waals surface area contributed by atoms with Crippen LogP contribution in [0.5, 0.6) is 0 Å². The number of hydrogen-bond donors (Lipinski definition) is 1. The fourth-order valence-electron chi connectivity index (χ4n) is 2.94. The molecular formula is C16H24N2O. The first-order valence-corrected chi connectivity index (χ1v) is 7.22. The van der Waals surface area contributed by atoms with Crippen molar-refractivity contribution in [3.05, 3.63) is 34.9 Å². The molecule has 0 spiro atoms. The molecule has 1 aliphatic rings. The zero-order valence-corrected chi connectivity index (χ0v) is 12.0. The van der Waals surface area contributed by atoms with Crippen molar-refractivity contribution in [2.24, 2.45) is 5.73 Å². The molecule has 0 radical (unpaired) electrons. The summed E-state index contributed by atoms with van der Waals surface area (Å²) in [5, 5.41) is 0. The standard InChI is InChI=1S/C16H24N2O/c1-12-6-5-9-15(13(12)2)16(19)18(11-10-17)14-7-3-4-8-14/h5-6,9,14H,3-4,7-8,10-11,17H2,1-2H3. The number of carbonyl (C=O) groups is 1. The van der Waals surface area contributed by atoms with E-state index in [0.717, 1.165) is 24.0 Å². The maximum atomic E-state index is 12.8. The van der Waals surface area contributed by atoms with E-state index >= 15 is 0 Å². The first-order valence-electron chi connectivity index (χ1n) is 7.22. The van der Waals surface area contributed by atoms with Gasteiger partial charge in [-0.05, 0) is 43.9 Å². The number of carbonyl (C=O) groups excluding carboxylic acids is 1. The maximum Gasteiger partial charge on any atom is 0.254 e. The molecule has 3 heteroatoms. The van der Waals surface area contributed by atoms with Gasteiger partial charge in [0.1, 0.15) is 0 Å². The lowest BCUT2D eigenvalue weighted by atomic mass is 10.0. The fourth-order valence-corrected chi connectivity index (χ4v) is 2.94. The average molecular weight is 260 g/mol. The van der Waals surface area contributed by atoms with E-state index in [2.05, 4.69) is 13.0 Å². The van der Waals surface area contributed by atoms with Gasteiger partial charge in [-0.1, -0.05) is 25.0 Å². The molecule has 1 amide bonds. The van der Waals surface area contributed by atoms with Gasteiger partial charge >= 0.3 is 0 Å². The molecule has 1 aromatic carbocycles. The van der Waals surface area contributed by atoms with Gasteiger partial charge in [-0.3, -0.25) is 4.79 Å². The van der Waals surface area contributed by atoms with E-state index in [0.29, 0.717) is 19.1 Å². The van der Waals surface area contributed by atoms with Crippen molar-refractivity contribution in [3.8, 4) is 0 Å². The molecule has 104 valence electrons. The molecule has 1 saturated carbocycles. The Morgan fingerprint density at radius 3 is 2.63 bits per heavy atom.